The van der Waals surface area contributed by atoms with Gasteiger partial charge in [-0.1, -0.05) is 23.2 Å². The number of likely N-dealkylation sites (tertiary alicyclic amines) is 2. The second-order valence-electron chi connectivity index (χ2n) is 10.6. The van der Waals surface area contributed by atoms with Gasteiger partial charge in [-0.05, 0) is 56.5 Å². The first-order chi connectivity index (χ1) is 20.1. The molecule has 43 heavy (non-hydrogen) atoms. The molecule has 4 rings (SSSR count). The first-order valence-corrected chi connectivity index (χ1v) is 14.3. The number of hydrogen-bond acceptors (Lipinski definition) is 5. The number of halogens is 7. The minimum absolute atomic E-state index is 0.169. The van der Waals surface area contributed by atoms with Crippen LogP contribution in [0, 0.1) is 24.5 Å². The Morgan fingerprint density at radius 3 is 1.88 bits per heavy atom. The van der Waals surface area contributed by atoms with E-state index in [0.717, 1.165) is 38.9 Å². The highest BCUT2D eigenvalue weighted by Crippen LogP contribution is 2.32. The number of carbonyl (C=O) groups is 2. The van der Waals surface area contributed by atoms with Crippen molar-refractivity contribution >= 4 is 40.7 Å². The van der Waals surface area contributed by atoms with Crippen molar-refractivity contribution in [3.8, 4) is 0 Å². The predicted octanol–water partition coefficient (Wildman–Crippen LogP) is 5.86. The molecule has 0 bridgehead atoms. The molecule has 2 fully saturated rings. The van der Waals surface area contributed by atoms with Crippen LogP contribution in [0.2, 0.25) is 10.0 Å². The summed E-state index contributed by atoms with van der Waals surface area (Å²) in [6.45, 7) is 4.78. The molecule has 240 valence electrons. The van der Waals surface area contributed by atoms with Crippen molar-refractivity contribution in [3.05, 3.63) is 63.1 Å². The van der Waals surface area contributed by atoms with Gasteiger partial charge >= 0.3 is 6.18 Å². The van der Waals surface area contributed by atoms with E-state index >= 15 is 0 Å². The second kappa shape index (κ2) is 15.9. The van der Waals surface area contributed by atoms with Gasteiger partial charge in [0.05, 0.1) is 21.7 Å². The van der Waals surface area contributed by atoms with Crippen LogP contribution in [0.4, 0.5) is 27.6 Å². The van der Waals surface area contributed by atoms with Gasteiger partial charge < -0.3 is 20.2 Å². The molecule has 2 saturated heterocycles. The Bertz CT molecular complexity index is 1180. The van der Waals surface area contributed by atoms with Crippen LogP contribution < -0.4 is 5.32 Å². The van der Waals surface area contributed by atoms with Crippen LogP contribution >= 0.6 is 23.2 Å². The predicted molar refractivity (Wildman–Crippen MR) is 158 cm³/mol. The average Bonchev–Trinajstić information content (AvgIpc) is 2.89. The van der Waals surface area contributed by atoms with Gasteiger partial charge in [0.1, 0.15) is 17.6 Å². The number of hydrogen-bond donors (Lipinski definition) is 2. The Kier molecular flexibility index (Phi) is 13.5. The summed E-state index contributed by atoms with van der Waals surface area (Å²) >= 11 is 12.5. The van der Waals surface area contributed by atoms with E-state index in [1.54, 1.807) is 33.2 Å². The third-order valence-corrected chi connectivity index (χ3v) is 7.70. The fraction of sp³-hybridized carbons (Fsp3) is 0.517. The molecular weight excluding hydrogens is 618 g/mol. The van der Waals surface area contributed by atoms with Crippen molar-refractivity contribution in [2.45, 2.75) is 44.9 Å². The first-order valence-electron chi connectivity index (χ1n) is 13.5. The topological polar surface area (TPSA) is 76.1 Å². The summed E-state index contributed by atoms with van der Waals surface area (Å²) in [7, 11) is 4.25. The van der Waals surface area contributed by atoms with Gasteiger partial charge in [0.15, 0.2) is 0 Å². The molecule has 7 nitrogen and oxygen atoms in total. The molecule has 0 aromatic heterocycles. The molecule has 2 N–H and O–H groups in total. The summed E-state index contributed by atoms with van der Waals surface area (Å²) in [5.41, 5.74) is 1.59. The lowest BCUT2D eigenvalue weighted by atomic mass is 9.96. The number of benzene rings is 2. The fourth-order valence-corrected chi connectivity index (χ4v) is 5.43. The van der Waals surface area contributed by atoms with E-state index in [1.807, 2.05) is 0 Å². The Hall–Kier alpha value is -2.67. The monoisotopic (exact) mass is 654 g/mol. The lowest BCUT2D eigenvalue weighted by Gasteiger charge is -2.47. The van der Waals surface area contributed by atoms with Crippen LogP contribution in [0.25, 0.3) is 0 Å². The summed E-state index contributed by atoms with van der Waals surface area (Å²) in [6, 6.07) is 7.18. The van der Waals surface area contributed by atoms with Crippen molar-refractivity contribution in [2.24, 2.45) is 5.92 Å². The maximum atomic E-state index is 12.8. The third-order valence-electron chi connectivity index (χ3n) is 7.10. The Labute approximate surface area is 258 Å². The Morgan fingerprint density at radius 1 is 0.977 bits per heavy atom. The zero-order valence-electron chi connectivity index (χ0n) is 24.6. The molecule has 2 amide bonds. The number of anilines is 1. The van der Waals surface area contributed by atoms with Gasteiger partial charge in [-0.2, -0.15) is 13.2 Å². The van der Waals surface area contributed by atoms with Gasteiger partial charge in [-0.15, -0.1) is 0 Å². The Morgan fingerprint density at radius 2 is 1.47 bits per heavy atom. The highest BCUT2D eigenvalue weighted by Gasteiger charge is 2.44. The molecular formula is C29H37Cl2F5N4O3. The molecule has 14 heteroatoms. The number of aryl methyl sites for hydroxylation is 1. The lowest BCUT2D eigenvalue weighted by molar-refractivity contribution is -0.186. The number of nitrogens with one attached hydrogen (secondary N) is 1. The van der Waals surface area contributed by atoms with Crippen molar-refractivity contribution in [3.63, 3.8) is 0 Å². The van der Waals surface area contributed by atoms with Crippen molar-refractivity contribution < 1.29 is 36.6 Å². The number of rotatable bonds is 5. The zero-order valence-corrected chi connectivity index (χ0v) is 26.1. The summed E-state index contributed by atoms with van der Waals surface area (Å²) in [4.78, 5) is 29.3. The maximum absolute atomic E-state index is 12.8. The normalized spacial score (nSPS) is 16.6. The summed E-state index contributed by atoms with van der Waals surface area (Å²) in [6.07, 6.45) is -3.20. The molecule has 0 radical (unpaired) electrons. The fourth-order valence-electron chi connectivity index (χ4n) is 4.78. The smallest absolute Gasteiger partial charge is 0.400 e. The number of piperidine rings is 1. The minimum atomic E-state index is -4.51. The van der Waals surface area contributed by atoms with Crippen LogP contribution in [0.3, 0.4) is 0 Å². The van der Waals surface area contributed by atoms with Crippen molar-refractivity contribution in [1.29, 1.82) is 0 Å². The number of alkyl halides is 3. The van der Waals surface area contributed by atoms with Gasteiger partial charge in [0, 0.05) is 65.2 Å². The molecule has 0 aliphatic carbocycles. The first kappa shape index (κ1) is 36.5. The third kappa shape index (κ3) is 10.2. The van der Waals surface area contributed by atoms with Gasteiger partial charge in [-0.25, -0.2) is 8.78 Å². The number of carbonyl (C=O) groups excluding carboxylic acids is 2. The standard InChI is InChI=1S/C21H27Cl2F3N4O2.C7H6F2.CH4O/c1-12(21(24,25)26)19(31)29-6-4-15(5-7-29)30-10-14(11-30)27-13-8-16(22)18(17(23)9-13)20(32)28(2)3;1-5-2-6(8)4-7(9)3-5;1-2/h8-9,12,14-15,27H,4-7,10-11H2,1-3H3;2-4H,1H3;2H,1H3. The van der Waals surface area contributed by atoms with E-state index in [-0.39, 0.29) is 33.6 Å². The number of aliphatic hydroxyl groups is 1. The molecule has 1 unspecified atom stereocenters. The van der Waals surface area contributed by atoms with Crippen LogP contribution in [-0.2, 0) is 4.79 Å². The van der Waals surface area contributed by atoms with E-state index in [9.17, 15) is 31.5 Å². The van der Waals surface area contributed by atoms with Crippen molar-refractivity contribution in [1.82, 2.24) is 14.7 Å². The van der Waals surface area contributed by atoms with E-state index < -0.39 is 29.6 Å². The van der Waals surface area contributed by atoms with Crippen LogP contribution in [-0.4, -0.2) is 97.3 Å². The van der Waals surface area contributed by atoms with E-state index in [1.165, 1.54) is 21.9 Å². The molecule has 2 aromatic rings. The molecule has 2 aliphatic heterocycles. The number of aliphatic hydroxyl groups excluding tert-OH is 1. The summed E-state index contributed by atoms with van der Waals surface area (Å²) in [5.74, 6) is -4.12. The van der Waals surface area contributed by atoms with E-state index in [2.05, 4.69) is 10.2 Å². The van der Waals surface area contributed by atoms with Gasteiger partial charge in [0.2, 0.25) is 5.91 Å². The molecule has 1 atom stereocenters. The molecule has 0 spiro atoms. The highest BCUT2D eigenvalue weighted by atomic mass is 35.5. The summed E-state index contributed by atoms with van der Waals surface area (Å²) in [5, 5.41) is 10.9. The highest BCUT2D eigenvalue weighted by molar-refractivity contribution is 6.40. The average molecular weight is 656 g/mol. The van der Waals surface area contributed by atoms with E-state index in [4.69, 9.17) is 28.3 Å². The Balaban J connectivity index is 0.000000496. The molecule has 2 heterocycles. The van der Waals surface area contributed by atoms with Crippen LogP contribution in [0.15, 0.2) is 30.3 Å². The lowest BCUT2D eigenvalue weighted by Crippen LogP contribution is -2.60. The number of amides is 2. The maximum Gasteiger partial charge on any atom is 0.400 e. The zero-order chi connectivity index (χ0) is 32.6. The van der Waals surface area contributed by atoms with Crippen LogP contribution in [0.1, 0.15) is 35.7 Å². The molecule has 2 aliphatic rings. The number of nitrogens with zero attached hydrogens (tertiary/aromatic N) is 3. The summed E-state index contributed by atoms with van der Waals surface area (Å²) < 4.78 is 62.8. The second-order valence-corrected chi connectivity index (χ2v) is 11.4. The van der Waals surface area contributed by atoms with E-state index in [0.29, 0.717) is 31.5 Å². The quantitative estimate of drug-likeness (QED) is 0.395. The van der Waals surface area contributed by atoms with Gasteiger partial charge in [-0.3, -0.25) is 14.5 Å². The van der Waals surface area contributed by atoms with Gasteiger partial charge in [0.25, 0.3) is 5.91 Å². The van der Waals surface area contributed by atoms with Crippen LogP contribution in [0.5, 0.6) is 0 Å². The largest absolute Gasteiger partial charge is 0.400 e. The molecule has 2 aromatic carbocycles. The van der Waals surface area contributed by atoms with Crippen molar-refractivity contribution in [2.75, 3.05) is 52.7 Å². The minimum Gasteiger partial charge on any atom is -0.400 e. The molecule has 0 saturated carbocycles. The SMILES string of the molecule is CC(C(=O)N1CCC(N2CC(Nc3cc(Cl)c(C(=O)N(C)C)c(Cl)c3)C2)CC1)C(F)(F)F.CO.Cc1cc(F)cc(F)c1.